The van der Waals surface area contributed by atoms with Crippen molar-refractivity contribution in [1.29, 1.82) is 0 Å². The van der Waals surface area contributed by atoms with Gasteiger partial charge in [0.25, 0.3) is 0 Å². The largest absolute Gasteiger partial charge is 0.469 e. The van der Waals surface area contributed by atoms with E-state index < -0.39 is 0 Å². The number of fused-ring (bicyclic) bond motifs is 1. The molecule has 6 nitrogen and oxygen atoms in total. The summed E-state index contributed by atoms with van der Waals surface area (Å²) in [4.78, 5) is 15.5. The lowest BCUT2D eigenvalue weighted by Crippen LogP contribution is -2.03. The molecule has 0 spiro atoms. The maximum absolute atomic E-state index is 11.2. The van der Waals surface area contributed by atoms with Crippen molar-refractivity contribution in [2.24, 2.45) is 0 Å². The number of halogens is 1. The third-order valence-corrected chi connectivity index (χ3v) is 3.34. The Labute approximate surface area is 122 Å². The molecule has 0 aromatic carbocycles. The zero-order chi connectivity index (χ0) is 14.1. The minimum Gasteiger partial charge on any atom is -0.469 e. The van der Waals surface area contributed by atoms with E-state index in [2.05, 4.69) is 30.8 Å². The van der Waals surface area contributed by atoms with Gasteiger partial charge in [-0.15, -0.1) is 0 Å². The Morgan fingerprint density at radius 3 is 3.15 bits per heavy atom. The molecule has 3 rings (SSSR count). The second-order valence-electron chi connectivity index (χ2n) is 4.15. The van der Waals surface area contributed by atoms with E-state index >= 15 is 0 Å². The molecule has 0 aliphatic carbocycles. The summed E-state index contributed by atoms with van der Waals surface area (Å²) in [6, 6.07) is 5.52. The minimum atomic E-state index is -0.366. The maximum Gasteiger partial charge on any atom is 0.313 e. The number of pyridine rings is 1. The van der Waals surface area contributed by atoms with Crippen LogP contribution in [0.1, 0.15) is 5.76 Å². The summed E-state index contributed by atoms with van der Waals surface area (Å²) in [6.45, 7) is 0. The summed E-state index contributed by atoms with van der Waals surface area (Å²) in [7, 11) is 1.34. The van der Waals surface area contributed by atoms with E-state index in [1.165, 1.54) is 7.11 Å². The molecule has 3 heterocycles. The Kier molecular flexibility index (Phi) is 3.27. The summed E-state index contributed by atoms with van der Waals surface area (Å²) in [6.07, 6.45) is 3.66. The van der Waals surface area contributed by atoms with Crippen LogP contribution < -0.4 is 0 Å². The van der Waals surface area contributed by atoms with E-state index in [0.29, 0.717) is 11.5 Å². The predicted octanol–water partition coefficient (Wildman–Crippen LogP) is 2.47. The molecule has 0 aliphatic rings. The number of rotatable bonds is 3. The predicted molar refractivity (Wildman–Crippen MR) is 74.1 cm³/mol. The molecular weight excluding hydrogens is 326 g/mol. The molecule has 102 valence electrons. The first-order valence-electron chi connectivity index (χ1n) is 5.83. The van der Waals surface area contributed by atoms with Gasteiger partial charge < -0.3 is 9.26 Å². The first kappa shape index (κ1) is 12.9. The number of esters is 1. The highest BCUT2D eigenvalue weighted by Crippen LogP contribution is 2.22. The van der Waals surface area contributed by atoms with Crippen LogP contribution in [-0.4, -0.2) is 27.6 Å². The van der Waals surface area contributed by atoms with Crippen LogP contribution in [0.3, 0.4) is 0 Å². The van der Waals surface area contributed by atoms with Crippen molar-refractivity contribution in [3.63, 3.8) is 0 Å². The van der Waals surface area contributed by atoms with Gasteiger partial charge in [-0.1, -0.05) is 21.1 Å². The van der Waals surface area contributed by atoms with Crippen molar-refractivity contribution in [2.75, 3.05) is 7.11 Å². The smallest absolute Gasteiger partial charge is 0.313 e. The summed E-state index contributed by atoms with van der Waals surface area (Å²) >= 11 is 3.40. The van der Waals surface area contributed by atoms with E-state index in [1.54, 1.807) is 12.3 Å². The van der Waals surface area contributed by atoms with Crippen LogP contribution in [0.2, 0.25) is 0 Å². The summed E-state index contributed by atoms with van der Waals surface area (Å²) in [5.41, 5.74) is 2.22. The number of carbonyl (C=O) groups is 1. The molecule has 0 fully saturated rings. The average Bonchev–Trinajstić information content (AvgIpc) is 3.04. The monoisotopic (exact) mass is 335 g/mol. The first-order valence-corrected chi connectivity index (χ1v) is 6.62. The van der Waals surface area contributed by atoms with Gasteiger partial charge in [-0.3, -0.25) is 9.20 Å². The van der Waals surface area contributed by atoms with E-state index in [9.17, 15) is 4.79 Å². The lowest BCUT2D eigenvalue weighted by atomic mass is 10.2. The Morgan fingerprint density at radius 2 is 2.35 bits per heavy atom. The van der Waals surface area contributed by atoms with Crippen molar-refractivity contribution in [3.05, 3.63) is 40.8 Å². The summed E-state index contributed by atoms with van der Waals surface area (Å²) in [5, 5.41) is 3.96. The third-order valence-electron chi connectivity index (χ3n) is 2.84. The van der Waals surface area contributed by atoms with Crippen molar-refractivity contribution in [2.45, 2.75) is 6.42 Å². The Hall–Kier alpha value is -2.15. The molecule has 0 amide bonds. The molecule has 0 bridgehead atoms. The highest BCUT2D eigenvalue weighted by molar-refractivity contribution is 9.10. The van der Waals surface area contributed by atoms with E-state index in [-0.39, 0.29) is 12.4 Å². The molecule has 20 heavy (non-hydrogen) atoms. The van der Waals surface area contributed by atoms with Gasteiger partial charge in [-0.05, 0) is 12.1 Å². The molecular formula is C13H10BrN3O3. The number of aromatic nitrogens is 3. The topological polar surface area (TPSA) is 69.6 Å². The van der Waals surface area contributed by atoms with Gasteiger partial charge in [0, 0.05) is 16.7 Å². The second kappa shape index (κ2) is 5.09. The molecule has 0 aliphatic heterocycles. The number of methoxy groups -OCH3 is 1. The van der Waals surface area contributed by atoms with E-state index in [1.807, 2.05) is 22.7 Å². The number of hydrogen-bond acceptors (Lipinski definition) is 5. The molecule has 0 unspecified atom stereocenters. The fourth-order valence-corrected chi connectivity index (χ4v) is 2.20. The van der Waals surface area contributed by atoms with Crippen LogP contribution in [-0.2, 0) is 16.0 Å². The SMILES string of the molecule is COC(=O)Cc1cc(-c2cnc3cc(Br)ccn23)no1. The average molecular weight is 336 g/mol. The zero-order valence-corrected chi connectivity index (χ0v) is 12.1. The Bertz CT molecular complexity index is 778. The van der Waals surface area contributed by atoms with Crippen LogP contribution in [0.4, 0.5) is 0 Å². The number of nitrogens with zero attached hydrogens (tertiary/aromatic N) is 3. The van der Waals surface area contributed by atoms with Gasteiger partial charge in [0.15, 0.2) is 0 Å². The van der Waals surface area contributed by atoms with E-state index in [4.69, 9.17) is 4.52 Å². The lowest BCUT2D eigenvalue weighted by Gasteiger charge is -1.97. The molecule has 3 aromatic rings. The summed E-state index contributed by atoms with van der Waals surface area (Å²) in [5.74, 6) is 0.0914. The van der Waals surface area contributed by atoms with E-state index in [0.717, 1.165) is 15.8 Å². The highest BCUT2D eigenvalue weighted by atomic mass is 79.9. The van der Waals surface area contributed by atoms with Gasteiger partial charge in [-0.2, -0.15) is 0 Å². The molecule has 0 radical (unpaired) electrons. The van der Waals surface area contributed by atoms with Crippen molar-refractivity contribution in [1.82, 2.24) is 14.5 Å². The maximum atomic E-state index is 11.2. The van der Waals surface area contributed by atoms with Crippen molar-refractivity contribution < 1.29 is 14.1 Å². The normalized spacial score (nSPS) is 10.9. The first-order chi connectivity index (χ1) is 9.67. The minimum absolute atomic E-state index is 0.0613. The zero-order valence-electron chi connectivity index (χ0n) is 10.5. The van der Waals surface area contributed by atoms with Crippen LogP contribution in [0, 0.1) is 0 Å². The quantitative estimate of drug-likeness (QED) is 0.687. The fraction of sp³-hybridized carbons (Fsp3) is 0.154. The molecule has 0 saturated heterocycles. The molecule has 0 saturated carbocycles. The van der Waals surface area contributed by atoms with Crippen LogP contribution in [0.5, 0.6) is 0 Å². The fourth-order valence-electron chi connectivity index (χ4n) is 1.88. The van der Waals surface area contributed by atoms with Crippen LogP contribution in [0.25, 0.3) is 17.0 Å². The second-order valence-corrected chi connectivity index (χ2v) is 5.06. The Morgan fingerprint density at radius 1 is 1.50 bits per heavy atom. The van der Waals surface area contributed by atoms with Gasteiger partial charge in [0.05, 0.1) is 19.0 Å². The third kappa shape index (κ3) is 2.32. The number of ether oxygens (including phenoxy) is 1. The summed E-state index contributed by atoms with van der Waals surface area (Å²) < 4.78 is 12.6. The number of carbonyl (C=O) groups excluding carboxylic acids is 1. The molecule has 3 aromatic heterocycles. The lowest BCUT2D eigenvalue weighted by molar-refractivity contribution is -0.140. The number of imidazole rings is 1. The molecule has 0 atom stereocenters. The van der Waals surface area contributed by atoms with Crippen molar-refractivity contribution >= 4 is 27.5 Å². The highest BCUT2D eigenvalue weighted by Gasteiger charge is 2.14. The molecule has 7 heteroatoms. The van der Waals surface area contributed by atoms with Gasteiger partial charge in [0.2, 0.25) is 0 Å². The van der Waals surface area contributed by atoms with Gasteiger partial charge in [-0.25, -0.2) is 4.98 Å². The standard InChI is InChI=1S/C13H10BrN3O3/c1-19-13(18)6-9-5-10(16-20-9)11-7-15-12-4-8(14)2-3-17(11)12/h2-5,7H,6H2,1H3. The molecule has 0 N–H and O–H groups in total. The van der Waals surface area contributed by atoms with Crippen LogP contribution in [0.15, 0.2) is 39.6 Å². The Balaban J connectivity index is 1.97. The van der Waals surface area contributed by atoms with Crippen LogP contribution >= 0.6 is 15.9 Å². The number of hydrogen-bond donors (Lipinski definition) is 0. The van der Waals surface area contributed by atoms with Gasteiger partial charge in [0.1, 0.15) is 23.5 Å². The van der Waals surface area contributed by atoms with Crippen molar-refractivity contribution in [3.8, 4) is 11.4 Å². The van der Waals surface area contributed by atoms with Gasteiger partial charge >= 0.3 is 5.97 Å².